The van der Waals surface area contributed by atoms with Crippen LogP contribution >= 0.6 is 11.3 Å². The van der Waals surface area contributed by atoms with E-state index in [1.54, 1.807) is 17.3 Å². The number of carbonyl (C=O) groups excluding carboxylic acids is 3. The molecule has 2 heterocycles. The highest BCUT2D eigenvalue weighted by Crippen LogP contribution is 2.32. The Morgan fingerprint density at radius 2 is 1.94 bits per heavy atom. The lowest BCUT2D eigenvalue weighted by Crippen LogP contribution is -2.29. The maximum absolute atomic E-state index is 13.0. The summed E-state index contributed by atoms with van der Waals surface area (Å²) in [6, 6.07) is 5.63. The molecular weight excluding hydrogens is 438 g/mol. The summed E-state index contributed by atoms with van der Waals surface area (Å²) in [5.41, 5.74) is 1.93. The maximum Gasteiger partial charge on any atom is 0.276 e. The Morgan fingerprint density at radius 3 is 2.55 bits per heavy atom. The highest BCUT2D eigenvalue weighted by molar-refractivity contribution is 7.09. The van der Waals surface area contributed by atoms with Crippen molar-refractivity contribution in [3.8, 4) is 0 Å². The molecule has 0 atom stereocenters. The molecule has 3 aromatic rings. The molecular formula is C24H29N5O3S. The normalized spacial score (nSPS) is 13.7. The zero-order chi connectivity index (χ0) is 23.9. The average Bonchev–Trinajstić information content (AvgIpc) is 3.30. The summed E-state index contributed by atoms with van der Waals surface area (Å²) < 4.78 is 0. The van der Waals surface area contributed by atoms with E-state index < -0.39 is 0 Å². The second-order valence-corrected chi connectivity index (χ2v) is 10.8. The average molecular weight is 468 g/mol. The predicted molar refractivity (Wildman–Crippen MR) is 131 cm³/mol. The second-order valence-electron chi connectivity index (χ2n) is 9.75. The first-order chi connectivity index (χ1) is 15.5. The van der Waals surface area contributed by atoms with Gasteiger partial charge < -0.3 is 20.5 Å². The number of nitrogens with one attached hydrogen (secondary N) is 3. The van der Waals surface area contributed by atoms with Crippen LogP contribution in [0, 0.1) is 12.3 Å². The van der Waals surface area contributed by atoms with Crippen LogP contribution in [-0.4, -0.2) is 40.8 Å². The van der Waals surface area contributed by atoms with Crippen molar-refractivity contribution < 1.29 is 14.4 Å². The lowest BCUT2D eigenvalue weighted by Gasteiger charge is -2.23. The minimum atomic E-state index is -0.385. The van der Waals surface area contributed by atoms with Gasteiger partial charge in [0.1, 0.15) is 11.5 Å². The van der Waals surface area contributed by atoms with Gasteiger partial charge in [-0.1, -0.05) is 20.8 Å². The van der Waals surface area contributed by atoms with Gasteiger partial charge in [0.15, 0.2) is 0 Å². The predicted octanol–water partition coefficient (Wildman–Crippen LogP) is 4.48. The van der Waals surface area contributed by atoms with Gasteiger partial charge in [-0.05, 0) is 43.4 Å². The van der Waals surface area contributed by atoms with Gasteiger partial charge in [0.25, 0.3) is 11.8 Å². The van der Waals surface area contributed by atoms with Crippen LogP contribution in [0.3, 0.4) is 0 Å². The van der Waals surface area contributed by atoms with Crippen molar-refractivity contribution >= 4 is 51.5 Å². The zero-order valence-corrected chi connectivity index (χ0v) is 20.4. The quantitative estimate of drug-likeness (QED) is 0.497. The Kier molecular flexibility index (Phi) is 6.00. The Bertz CT molecular complexity index is 1230. The number of H-pyrrole nitrogens is 1. The molecule has 9 heteroatoms. The van der Waals surface area contributed by atoms with E-state index in [-0.39, 0.29) is 29.2 Å². The largest absolute Gasteiger partial charge is 0.349 e. The summed E-state index contributed by atoms with van der Waals surface area (Å²) in [5, 5.41) is 8.97. The van der Waals surface area contributed by atoms with E-state index in [0.29, 0.717) is 40.1 Å². The molecule has 4 rings (SSSR count). The van der Waals surface area contributed by atoms with E-state index in [2.05, 4.69) is 20.6 Å². The number of benzene rings is 1. The second kappa shape index (κ2) is 8.62. The smallest absolute Gasteiger partial charge is 0.276 e. The summed E-state index contributed by atoms with van der Waals surface area (Å²) in [4.78, 5) is 47.5. The fourth-order valence-corrected chi connectivity index (χ4v) is 4.16. The number of carbonyl (C=O) groups is 3. The van der Waals surface area contributed by atoms with Crippen LogP contribution in [0.15, 0.2) is 23.6 Å². The molecule has 1 fully saturated rings. The van der Waals surface area contributed by atoms with Crippen LogP contribution in [0.1, 0.15) is 65.9 Å². The van der Waals surface area contributed by atoms with Crippen molar-refractivity contribution in [1.29, 1.82) is 0 Å². The summed E-state index contributed by atoms with van der Waals surface area (Å²) in [6.45, 7) is 7.90. The lowest BCUT2D eigenvalue weighted by molar-refractivity contribution is -0.120. The number of fused-ring (bicyclic) bond motifs is 1. The Hall–Kier alpha value is -3.20. The van der Waals surface area contributed by atoms with Crippen molar-refractivity contribution in [3.05, 3.63) is 39.8 Å². The fraction of sp³-hybridized carbons (Fsp3) is 0.417. The maximum atomic E-state index is 13.0. The molecule has 3 amide bonds. The van der Waals surface area contributed by atoms with E-state index in [0.717, 1.165) is 17.8 Å². The topological polar surface area (TPSA) is 107 Å². The molecule has 33 heavy (non-hydrogen) atoms. The number of nitrogens with zero attached hydrogens (tertiary/aromatic N) is 2. The number of aromatic nitrogens is 2. The highest BCUT2D eigenvalue weighted by atomic mass is 32.1. The van der Waals surface area contributed by atoms with Crippen molar-refractivity contribution in [2.45, 2.75) is 53.0 Å². The van der Waals surface area contributed by atoms with Crippen LogP contribution in [0.4, 0.5) is 11.5 Å². The van der Waals surface area contributed by atoms with Gasteiger partial charge in [-0.25, -0.2) is 4.98 Å². The minimum absolute atomic E-state index is 0.00698. The first-order valence-electron chi connectivity index (χ1n) is 11.0. The number of thiazole rings is 1. The van der Waals surface area contributed by atoms with Crippen LogP contribution in [0.5, 0.6) is 0 Å². The van der Waals surface area contributed by atoms with Crippen molar-refractivity contribution in [2.24, 2.45) is 5.41 Å². The number of anilines is 2. The fourth-order valence-electron chi connectivity index (χ4n) is 3.57. The van der Waals surface area contributed by atoms with Crippen LogP contribution in [-0.2, 0) is 4.79 Å². The Labute approximate surface area is 196 Å². The van der Waals surface area contributed by atoms with Crippen molar-refractivity contribution in [1.82, 2.24) is 15.3 Å². The Balaban J connectivity index is 1.68. The third-order valence-electron chi connectivity index (χ3n) is 5.45. The monoisotopic (exact) mass is 467 g/mol. The molecule has 0 aliphatic heterocycles. The first kappa shape index (κ1) is 23.0. The molecule has 0 bridgehead atoms. The van der Waals surface area contributed by atoms with Crippen LogP contribution < -0.4 is 15.5 Å². The zero-order valence-electron chi connectivity index (χ0n) is 19.5. The molecule has 1 aliphatic rings. The molecule has 2 aromatic heterocycles. The van der Waals surface area contributed by atoms with Gasteiger partial charge in [0, 0.05) is 41.5 Å². The van der Waals surface area contributed by atoms with Gasteiger partial charge in [-0.15, -0.1) is 11.3 Å². The van der Waals surface area contributed by atoms with Gasteiger partial charge >= 0.3 is 0 Å². The highest BCUT2D eigenvalue weighted by Gasteiger charge is 2.28. The molecule has 0 saturated heterocycles. The SMILES string of the molecule is Cc1nc(C(=O)Nc2[nH]c3cc(N(C)C(=O)CC(C)(C)C)ccc3c2C(=O)NC2CC2)cs1. The first-order valence-corrected chi connectivity index (χ1v) is 11.9. The van der Waals surface area contributed by atoms with Crippen molar-refractivity contribution in [3.63, 3.8) is 0 Å². The molecule has 3 N–H and O–H groups in total. The molecule has 0 unspecified atom stereocenters. The van der Waals surface area contributed by atoms with Gasteiger partial charge in [-0.2, -0.15) is 0 Å². The number of rotatable bonds is 6. The minimum Gasteiger partial charge on any atom is -0.349 e. The number of aromatic amines is 1. The van der Waals surface area contributed by atoms with Crippen molar-refractivity contribution in [2.75, 3.05) is 17.3 Å². The molecule has 0 radical (unpaired) electrons. The number of hydrogen-bond acceptors (Lipinski definition) is 5. The van der Waals surface area contributed by atoms with Crippen LogP contribution in [0.25, 0.3) is 10.9 Å². The molecule has 1 aromatic carbocycles. The van der Waals surface area contributed by atoms with E-state index in [4.69, 9.17) is 0 Å². The third kappa shape index (κ3) is 5.24. The van der Waals surface area contributed by atoms with Gasteiger partial charge in [0.05, 0.1) is 10.6 Å². The van der Waals surface area contributed by atoms with E-state index in [1.807, 2.05) is 45.9 Å². The standard InChI is InChI=1S/C24H29N5O3S/c1-13-25-18(12-33-13)22(31)28-21-20(23(32)26-14-6-7-14)16-9-8-15(10-17(16)27-21)29(5)19(30)11-24(2,3)4/h8-10,12,14,27H,6-7,11H2,1-5H3,(H,26,32)(H,28,31). The third-order valence-corrected chi connectivity index (χ3v) is 6.23. The van der Waals surface area contributed by atoms with Crippen LogP contribution in [0.2, 0.25) is 0 Å². The number of hydrogen-bond donors (Lipinski definition) is 3. The Morgan fingerprint density at radius 1 is 1.21 bits per heavy atom. The lowest BCUT2D eigenvalue weighted by atomic mass is 9.91. The van der Waals surface area contributed by atoms with Gasteiger partial charge in [-0.3, -0.25) is 14.4 Å². The molecule has 8 nitrogen and oxygen atoms in total. The summed E-state index contributed by atoms with van der Waals surface area (Å²) in [5.74, 6) is -0.297. The molecule has 1 saturated carbocycles. The van der Waals surface area contributed by atoms with E-state index in [9.17, 15) is 14.4 Å². The molecule has 174 valence electrons. The number of aryl methyl sites for hydroxylation is 1. The summed E-state index contributed by atoms with van der Waals surface area (Å²) in [7, 11) is 1.74. The van der Waals surface area contributed by atoms with E-state index >= 15 is 0 Å². The summed E-state index contributed by atoms with van der Waals surface area (Å²) in [6.07, 6.45) is 2.33. The van der Waals surface area contributed by atoms with E-state index in [1.165, 1.54) is 11.3 Å². The number of amides is 3. The van der Waals surface area contributed by atoms with Gasteiger partial charge in [0.2, 0.25) is 5.91 Å². The molecule has 0 spiro atoms. The molecule has 1 aliphatic carbocycles. The summed E-state index contributed by atoms with van der Waals surface area (Å²) >= 11 is 1.39.